The van der Waals surface area contributed by atoms with E-state index in [1.165, 1.54) is 25.1 Å². The molecule has 0 saturated heterocycles. The number of aryl methyl sites for hydroxylation is 1. The van der Waals surface area contributed by atoms with Gasteiger partial charge >= 0.3 is 6.18 Å². The van der Waals surface area contributed by atoms with Gasteiger partial charge in [0.25, 0.3) is 0 Å². The van der Waals surface area contributed by atoms with Crippen molar-refractivity contribution in [3.63, 3.8) is 0 Å². The zero-order valence-electron chi connectivity index (χ0n) is 10.6. The summed E-state index contributed by atoms with van der Waals surface area (Å²) in [6.07, 6.45) is -4.43. The van der Waals surface area contributed by atoms with E-state index < -0.39 is 17.6 Å². The van der Waals surface area contributed by atoms with Gasteiger partial charge in [0.1, 0.15) is 5.82 Å². The highest BCUT2D eigenvalue weighted by atomic mass is 19.4. The summed E-state index contributed by atoms with van der Waals surface area (Å²) >= 11 is 0. The van der Waals surface area contributed by atoms with Crippen molar-refractivity contribution in [3.8, 4) is 0 Å². The highest BCUT2D eigenvalue weighted by Gasteiger charge is 2.32. The predicted octanol–water partition coefficient (Wildman–Crippen LogP) is 4.48. The number of hydrogen-bond donors (Lipinski definition) is 2. The lowest BCUT2D eigenvalue weighted by Crippen LogP contribution is -2.08. The second-order valence-electron chi connectivity index (χ2n) is 4.43. The molecule has 20 heavy (non-hydrogen) atoms. The van der Waals surface area contributed by atoms with Crippen LogP contribution in [0.1, 0.15) is 11.1 Å². The second kappa shape index (κ2) is 5.03. The van der Waals surface area contributed by atoms with E-state index in [1.54, 1.807) is 0 Å². The third-order valence-corrected chi connectivity index (χ3v) is 2.75. The second-order valence-corrected chi connectivity index (χ2v) is 4.43. The monoisotopic (exact) mass is 284 g/mol. The molecule has 0 heterocycles. The van der Waals surface area contributed by atoms with E-state index in [4.69, 9.17) is 5.73 Å². The van der Waals surface area contributed by atoms with E-state index in [-0.39, 0.29) is 16.9 Å². The third-order valence-electron chi connectivity index (χ3n) is 2.75. The molecular formula is C14H12F4N2. The van der Waals surface area contributed by atoms with E-state index >= 15 is 0 Å². The van der Waals surface area contributed by atoms with Crippen molar-refractivity contribution in [2.24, 2.45) is 0 Å². The van der Waals surface area contributed by atoms with Gasteiger partial charge in [0, 0.05) is 17.1 Å². The van der Waals surface area contributed by atoms with Gasteiger partial charge in [0.15, 0.2) is 0 Å². The Bertz CT molecular complexity index is 615. The first kappa shape index (κ1) is 14.2. The van der Waals surface area contributed by atoms with Gasteiger partial charge in [-0.1, -0.05) is 6.07 Å². The Morgan fingerprint density at radius 2 is 1.70 bits per heavy atom. The number of halogens is 4. The van der Waals surface area contributed by atoms with E-state index in [0.29, 0.717) is 5.69 Å². The molecule has 0 aliphatic carbocycles. The molecule has 0 aliphatic rings. The first-order valence-electron chi connectivity index (χ1n) is 5.76. The minimum Gasteiger partial charge on any atom is -0.399 e. The number of nitrogens with two attached hydrogens (primary N) is 1. The number of rotatable bonds is 2. The van der Waals surface area contributed by atoms with Crippen LogP contribution >= 0.6 is 0 Å². The maximum Gasteiger partial charge on any atom is 0.416 e. The van der Waals surface area contributed by atoms with Crippen LogP contribution in [0.25, 0.3) is 0 Å². The average molecular weight is 284 g/mol. The average Bonchev–Trinajstić information content (AvgIpc) is 2.29. The maximum atomic E-state index is 13.2. The topological polar surface area (TPSA) is 38.0 Å². The van der Waals surface area contributed by atoms with Crippen LogP contribution in [0.4, 0.5) is 34.6 Å². The number of hydrogen-bond acceptors (Lipinski definition) is 2. The SMILES string of the molecule is Cc1ccc(Nc2cc(N)cc(F)c2)cc1C(F)(F)F. The highest BCUT2D eigenvalue weighted by molar-refractivity contribution is 5.64. The van der Waals surface area contributed by atoms with Gasteiger partial charge in [-0.25, -0.2) is 4.39 Å². The summed E-state index contributed by atoms with van der Waals surface area (Å²) in [6, 6.07) is 7.55. The van der Waals surface area contributed by atoms with Gasteiger partial charge in [-0.05, 0) is 42.8 Å². The normalized spacial score (nSPS) is 11.4. The fourth-order valence-electron chi connectivity index (χ4n) is 1.86. The molecule has 0 saturated carbocycles. The summed E-state index contributed by atoms with van der Waals surface area (Å²) in [6.45, 7) is 1.38. The summed E-state index contributed by atoms with van der Waals surface area (Å²) in [5.74, 6) is -0.560. The number of benzene rings is 2. The fraction of sp³-hybridized carbons (Fsp3) is 0.143. The molecule has 2 rings (SSSR count). The number of anilines is 3. The Hall–Kier alpha value is -2.24. The van der Waals surface area contributed by atoms with Crippen molar-refractivity contribution < 1.29 is 17.6 Å². The zero-order chi connectivity index (χ0) is 14.9. The van der Waals surface area contributed by atoms with Crippen LogP contribution in [0.15, 0.2) is 36.4 Å². The van der Waals surface area contributed by atoms with Crippen LogP contribution in [0.3, 0.4) is 0 Å². The molecule has 106 valence electrons. The van der Waals surface area contributed by atoms with Crippen LogP contribution in [0.2, 0.25) is 0 Å². The maximum absolute atomic E-state index is 13.2. The molecule has 0 aromatic heterocycles. The quantitative estimate of drug-likeness (QED) is 0.630. The van der Waals surface area contributed by atoms with Crippen molar-refractivity contribution in [2.75, 3.05) is 11.1 Å². The van der Waals surface area contributed by atoms with Gasteiger partial charge in [-0.2, -0.15) is 13.2 Å². The van der Waals surface area contributed by atoms with Gasteiger partial charge in [0.05, 0.1) is 5.56 Å². The molecule has 0 radical (unpaired) electrons. The molecule has 6 heteroatoms. The number of nitrogens with one attached hydrogen (secondary N) is 1. The molecule has 0 aliphatic heterocycles. The number of nitrogen functional groups attached to an aromatic ring is 1. The third kappa shape index (κ3) is 3.20. The number of alkyl halides is 3. The minimum atomic E-state index is -4.43. The predicted molar refractivity (Wildman–Crippen MR) is 70.3 cm³/mol. The molecule has 2 aromatic rings. The Morgan fingerprint density at radius 3 is 2.30 bits per heavy atom. The zero-order valence-corrected chi connectivity index (χ0v) is 10.6. The molecule has 0 atom stereocenters. The standard InChI is InChI=1S/C14H12F4N2/c1-8-2-3-11(7-13(8)14(16,17)18)20-12-5-9(15)4-10(19)6-12/h2-7,20H,19H2,1H3. The van der Waals surface area contributed by atoms with E-state index in [2.05, 4.69) is 5.32 Å². The Balaban J connectivity index is 2.35. The Labute approximate surface area is 113 Å². The first-order valence-corrected chi connectivity index (χ1v) is 5.76. The molecule has 0 amide bonds. The molecule has 2 nitrogen and oxygen atoms in total. The van der Waals surface area contributed by atoms with E-state index in [1.807, 2.05) is 0 Å². The van der Waals surface area contributed by atoms with Gasteiger partial charge in [0.2, 0.25) is 0 Å². The van der Waals surface area contributed by atoms with Gasteiger partial charge < -0.3 is 11.1 Å². The lowest BCUT2D eigenvalue weighted by molar-refractivity contribution is -0.138. The summed E-state index contributed by atoms with van der Waals surface area (Å²) < 4.78 is 51.5. The van der Waals surface area contributed by atoms with Crippen LogP contribution in [0, 0.1) is 12.7 Å². The van der Waals surface area contributed by atoms with Crippen LogP contribution < -0.4 is 11.1 Å². The Kier molecular flexibility index (Phi) is 3.57. The first-order chi connectivity index (χ1) is 9.25. The molecule has 0 spiro atoms. The van der Waals surface area contributed by atoms with Crippen LogP contribution in [-0.4, -0.2) is 0 Å². The smallest absolute Gasteiger partial charge is 0.399 e. The van der Waals surface area contributed by atoms with Crippen molar-refractivity contribution in [3.05, 3.63) is 53.3 Å². The molecule has 2 aromatic carbocycles. The van der Waals surface area contributed by atoms with Gasteiger partial charge in [-0.3, -0.25) is 0 Å². The largest absolute Gasteiger partial charge is 0.416 e. The van der Waals surface area contributed by atoms with Gasteiger partial charge in [-0.15, -0.1) is 0 Å². The van der Waals surface area contributed by atoms with Crippen LogP contribution in [0.5, 0.6) is 0 Å². The summed E-state index contributed by atoms with van der Waals surface area (Å²) in [5, 5.41) is 2.71. The molecule has 3 N–H and O–H groups in total. The summed E-state index contributed by atoms with van der Waals surface area (Å²) in [5.41, 5.74) is 5.57. The van der Waals surface area contributed by atoms with Crippen LogP contribution in [-0.2, 0) is 6.18 Å². The fourth-order valence-corrected chi connectivity index (χ4v) is 1.86. The molecule has 0 bridgehead atoms. The van der Waals surface area contributed by atoms with Crippen molar-refractivity contribution in [1.82, 2.24) is 0 Å². The Morgan fingerprint density at radius 1 is 1.00 bits per heavy atom. The van der Waals surface area contributed by atoms with Crippen molar-refractivity contribution in [1.29, 1.82) is 0 Å². The molecule has 0 unspecified atom stereocenters. The summed E-state index contributed by atoms with van der Waals surface area (Å²) in [4.78, 5) is 0. The van der Waals surface area contributed by atoms with E-state index in [0.717, 1.165) is 18.2 Å². The lowest BCUT2D eigenvalue weighted by atomic mass is 10.1. The molecular weight excluding hydrogens is 272 g/mol. The highest BCUT2D eigenvalue weighted by Crippen LogP contribution is 2.34. The minimum absolute atomic E-state index is 0.127. The lowest BCUT2D eigenvalue weighted by Gasteiger charge is -2.13. The summed E-state index contributed by atoms with van der Waals surface area (Å²) in [7, 11) is 0. The van der Waals surface area contributed by atoms with Crippen molar-refractivity contribution >= 4 is 17.1 Å². The molecule has 0 fully saturated rings. The van der Waals surface area contributed by atoms with E-state index in [9.17, 15) is 17.6 Å². The van der Waals surface area contributed by atoms with Crippen molar-refractivity contribution in [2.45, 2.75) is 13.1 Å².